The Labute approximate surface area is 79.4 Å². The van der Waals surface area contributed by atoms with Crippen molar-refractivity contribution in [3.05, 3.63) is 29.8 Å². The van der Waals surface area contributed by atoms with Crippen LogP contribution in [0.2, 0.25) is 0 Å². The van der Waals surface area contributed by atoms with Gasteiger partial charge in [0.25, 0.3) is 0 Å². The first-order valence-electron chi connectivity index (χ1n) is 4.22. The average Bonchev–Trinajstić information content (AvgIpc) is 1.90. The minimum atomic E-state index is 0. The van der Waals surface area contributed by atoms with Gasteiger partial charge in [-0.1, -0.05) is 18.6 Å². The Hall–Kier alpha value is -0.690. The van der Waals surface area contributed by atoms with Gasteiger partial charge in [-0.25, -0.2) is 0 Å². The first-order valence-corrected chi connectivity index (χ1v) is 4.22. The normalized spacial score (nSPS) is 16.3. The van der Waals surface area contributed by atoms with Gasteiger partial charge in [-0.05, 0) is 36.5 Å². The molecule has 0 bridgehead atoms. The molecule has 1 aromatic rings. The zero-order valence-electron chi connectivity index (χ0n) is 6.99. The molecule has 0 atom stereocenters. The highest BCUT2D eigenvalue weighted by Crippen LogP contribution is 2.36. The molecule has 1 fully saturated rings. The molecule has 12 heavy (non-hydrogen) atoms. The third-order valence-corrected chi connectivity index (χ3v) is 2.51. The highest BCUT2D eigenvalue weighted by Gasteiger charge is 2.18. The molecule has 0 amide bonds. The van der Waals surface area contributed by atoms with E-state index < -0.39 is 0 Å². The van der Waals surface area contributed by atoms with E-state index in [9.17, 15) is 0 Å². The number of halogens is 1. The summed E-state index contributed by atoms with van der Waals surface area (Å²) in [5, 5.41) is 0. The molecule has 0 heterocycles. The molecule has 66 valence electrons. The summed E-state index contributed by atoms with van der Waals surface area (Å²) in [6, 6.07) is 8.29. The van der Waals surface area contributed by atoms with E-state index in [4.69, 9.17) is 5.73 Å². The summed E-state index contributed by atoms with van der Waals surface area (Å²) in [6.07, 6.45) is 4.13. The molecule has 0 aromatic heterocycles. The van der Waals surface area contributed by atoms with Crippen molar-refractivity contribution in [3.63, 3.8) is 0 Å². The van der Waals surface area contributed by atoms with Gasteiger partial charge in [-0.3, -0.25) is 0 Å². The van der Waals surface area contributed by atoms with Crippen LogP contribution in [0.25, 0.3) is 0 Å². The number of hydrogen-bond acceptors (Lipinski definition) is 1. The highest BCUT2D eigenvalue weighted by molar-refractivity contribution is 5.85. The monoisotopic (exact) mass is 183 g/mol. The van der Waals surface area contributed by atoms with E-state index in [-0.39, 0.29) is 12.4 Å². The second-order valence-electron chi connectivity index (χ2n) is 3.29. The smallest absolute Gasteiger partial charge is 0.0314 e. The number of hydrogen-bond donors (Lipinski definition) is 1. The van der Waals surface area contributed by atoms with E-state index in [1.54, 1.807) is 0 Å². The molecule has 1 aliphatic carbocycles. The summed E-state index contributed by atoms with van der Waals surface area (Å²) in [6.45, 7) is 0. The van der Waals surface area contributed by atoms with Crippen molar-refractivity contribution in [1.29, 1.82) is 0 Å². The summed E-state index contributed by atoms with van der Waals surface area (Å²) in [7, 11) is 0. The predicted molar refractivity (Wildman–Crippen MR) is 54.7 cm³/mol. The van der Waals surface area contributed by atoms with Gasteiger partial charge < -0.3 is 5.73 Å². The summed E-state index contributed by atoms with van der Waals surface area (Å²) in [5.74, 6) is 0.829. The lowest BCUT2D eigenvalue weighted by Gasteiger charge is -2.25. The molecular formula is C10H14ClN. The van der Waals surface area contributed by atoms with Crippen LogP contribution in [-0.4, -0.2) is 0 Å². The Kier molecular flexibility index (Phi) is 2.99. The Bertz CT molecular complexity index is 239. The summed E-state index contributed by atoms with van der Waals surface area (Å²) >= 11 is 0. The van der Waals surface area contributed by atoms with Crippen LogP contribution in [0, 0.1) is 0 Å². The van der Waals surface area contributed by atoms with Crippen molar-refractivity contribution in [2.24, 2.45) is 0 Å². The van der Waals surface area contributed by atoms with E-state index >= 15 is 0 Å². The van der Waals surface area contributed by atoms with Gasteiger partial charge in [-0.15, -0.1) is 12.4 Å². The molecule has 2 rings (SSSR count). The van der Waals surface area contributed by atoms with E-state index in [0.717, 1.165) is 11.6 Å². The van der Waals surface area contributed by atoms with Crippen LogP contribution >= 0.6 is 12.4 Å². The van der Waals surface area contributed by atoms with Crippen LogP contribution < -0.4 is 5.73 Å². The quantitative estimate of drug-likeness (QED) is 0.666. The molecule has 2 N–H and O–H groups in total. The minimum Gasteiger partial charge on any atom is -0.399 e. The second-order valence-corrected chi connectivity index (χ2v) is 3.29. The van der Waals surface area contributed by atoms with Crippen LogP contribution in [0.3, 0.4) is 0 Å². The Morgan fingerprint density at radius 3 is 2.08 bits per heavy atom. The number of benzene rings is 1. The lowest BCUT2D eigenvalue weighted by atomic mass is 9.80. The fourth-order valence-electron chi connectivity index (χ4n) is 1.51. The van der Waals surface area contributed by atoms with Crippen LogP contribution in [0.15, 0.2) is 24.3 Å². The summed E-state index contributed by atoms with van der Waals surface area (Å²) < 4.78 is 0. The molecule has 0 spiro atoms. The predicted octanol–water partition coefficient (Wildman–Crippen LogP) is 2.96. The molecular weight excluding hydrogens is 170 g/mol. The van der Waals surface area contributed by atoms with Gasteiger partial charge in [-0.2, -0.15) is 0 Å². The molecule has 0 unspecified atom stereocenters. The van der Waals surface area contributed by atoms with Crippen molar-refractivity contribution in [3.8, 4) is 0 Å². The van der Waals surface area contributed by atoms with Gasteiger partial charge in [0.15, 0.2) is 0 Å². The number of anilines is 1. The van der Waals surface area contributed by atoms with E-state index in [0.29, 0.717) is 0 Å². The highest BCUT2D eigenvalue weighted by atomic mass is 35.5. The first-order chi connectivity index (χ1) is 5.36. The molecule has 0 radical (unpaired) electrons. The number of nitrogen functional groups attached to an aromatic ring is 1. The number of rotatable bonds is 1. The number of nitrogens with two attached hydrogens (primary N) is 1. The largest absolute Gasteiger partial charge is 0.399 e. The van der Waals surface area contributed by atoms with Crippen LogP contribution in [0.1, 0.15) is 30.7 Å². The molecule has 2 heteroatoms. The Balaban J connectivity index is 0.000000720. The molecule has 1 nitrogen and oxygen atoms in total. The average molecular weight is 184 g/mol. The van der Waals surface area contributed by atoms with Crippen molar-refractivity contribution in [2.75, 3.05) is 5.73 Å². The van der Waals surface area contributed by atoms with E-state index in [1.165, 1.54) is 24.8 Å². The van der Waals surface area contributed by atoms with Crippen molar-refractivity contribution in [1.82, 2.24) is 0 Å². The lowest BCUT2D eigenvalue weighted by molar-refractivity contribution is 0.420. The minimum absolute atomic E-state index is 0. The Morgan fingerprint density at radius 1 is 1.08 bits per heavy atom. The topological polar surface area (TPSA) is 26.0 Å². The summed E-state index contributed by atoms with van der Waals surface area (Å²) in [4.78, 5) is 0. The van der Waals surface area contributed by atoms with Crippen molar-refractivity contribution >= 4 is 18.1 Å². The molecule has 0 saturated heterocycles. The van der Waals surface area contributed by atoms with E-state index in [1.807, 2.05) is 12.1 Å². The zero-order chi connectivity index (χ0) is 7.68. The SMILES string of the molecule is Cl.Nc1ccc(C2CCC2)cc1. The molecule has 0 aliphatic heterocycles. The maximum absolute atomic E-state index is 5.59. The third-order valence-electron chi connectivity index (χ3n) is 2.51. The zero-order valence-corrected chi connectivity index (χ0v) is 7.81. The Morgan fingerprint density at radius 2 is 1.67 bits per heavy atom. The van der Waals surface area contributed by atoms with Crippen LogP contribution in [-0.2, 0) is 0 Å². The van der Waals surface area contributed by atoms with E-state index in [2.05, 4.69) is 12.1 Å². The lowest BCUT2D eigenvalue weighted by Crippen LogP contribution is -2.08. The maximum atomic E-state index is 5.59. The van der Waals surface area contributed by atoms with Crippen molar-refractivity contribution < 1.29 is 0 Å². The summed E-state index contributed by atoms with van der Waals surface area (Å²) in [5.41, 5.74) is 7.92. The maximum Gasteiger partial charge on any atom is 0.0314 e. The van der Waals surface area contributed by atoms with Gasteiger partial charge in [0.05, 0.1) is 0 Å². The molecule has 1 aliphatic rings. The molecule has 1 saturated carbocycles. The van der Waals surface area contributed by atoms with Gasteiger partial charge >= 0.3 is 0 Å². The fourth-order valence-corrected chi connectivity index (χ4v) is 1.51. The first kappa shape index (κ1) is 9.40. The molecule has 1 aromatic carbocycles. The van der Waals surface area contributed by atoms with Crippen molar-refractivity contribution in [2.45, 2.75) is 25.2 Å². The standard InChI is InChI=1S/C10H13N.ClH/c11-10-6-4-9(5-7-10)8-2-1-3-8;/h4-8H,1-3,11H2;1H. The van der Waals surface area contributed by atoms with Gasteiger partial charge in [0, 0.05) is 5.69 Å². The van der Waals surface area contributed by atoms with Gasteiger partial charge in [0.1, 0.15) is 0 Å². The van der Waals surface area contributed by atoms with Crippen LogP contribution in [0.5, 0.6) is 0 Å². The second kappa shape index (κ2) is 3.81. The van der Waals surface area contributed by atoms with Crippen LogP contribution in [0.4, 0.5) is 5.69 Å². The fraction of sp³-hybridized carbons (Fsp3) is 0.400. The third kappa shape index (κ3) is 1.72. The van der Waals surface area contributed by atoms with Gasteiger partial charge in [0.2, 0.25) is 0 Å².